The second-order valence-electron chi connectivity index (χ2n) is 10.9. The maximum absolute atomic E-state index is 13.6. The Balaban J connectivity index is 1.42. The van der Waals surface area contributed by atoms with Gasteiger partial charge in [-0.2, -0.15) is 0 Å². The highest BCUT2D eigenvalue weighted by molar-refractivity contribution is 6.11. The number of nitrogens with two attached hydrogens (primary N) is 1. The Morgan fingerprint density at radius 3 is 2.36 bits per heavy atom. The molecule has 1 aromatic heterocycles. The summed E-state index contributed by atoms with van der Waals surface area (Å²) in [6.45, 7) is 0.0111. The number of rotatable bonds is 10. The molecule has 0 unspecified atom stereocenters. The van der Waals surface area contributed by atoms with Gasteiger partial charge in [0.05, 0.1) is 11.1 Å². The lowest BCUT2D eigenvalue weighted by Crippen LogP contribution is -2.34. The summed E-state index contributed by atoms with van der Waals surface area (Å²) in [6, 6.07) is 26.2. The molecule has 0 bridgehead atoms. The number of fused-ring (bicyclic) bond motifs is 1. The summed E-state index contributed by atoms with van der Waals surface area (Å²) in [5.41, 5.74) is 10.0. The van der Waals surface area contributed by atoms with E-state index in [4.69, 9.17) is 14.9 Å². The van der Waals surface area contributed by atoms with E-state index < -0.39 is 11.7 Å². The predicted octanol–water partition coefficient (Wildman–Crippen LogP) is 5.69. The second-order valence-corrected chi connectivity index (χ2v) is 10.9. The fraction of sp³-hybridized carbons (Fsp3) is 0.171. The lowest BCUT2D eigenvalue weighted by Gasteiger charge is -2.18. The number of benzene rings is 4. The first kappa shape index (κ1) is 28.8. The predicted molar refractivity (Wildman–Crippen MR) is 164 cm³/mol. The van der Waals surface area contributed by atoms with Crippen LogP contribution in [-0.4, -0.2) is 31.4 Å². The van der Waals surface area contributed by atoms with Crippen molar-refractivity contribution in [2.24, 2.45) is 5.73 Å². The van der Waals surface area contributed by atoms with Crippen molar-refractivity contribution < 1.29 is 27.9 Å². The molecule has 6 rings (SSSR count). The highest BCUT2D eigenvalue weighted by Gasteiger charge is 2.45. The van der Waals surface area contributed by atoms with Gasteiger partial charge >= 0.3 is 0 Å². The Bertz CT molecular complexity index is 1880. The molecule has 0 aliphatic heterocycles. The molecule has 5 aromatic rings. The average molecular weight is 592 g/mol. The Kier molecular flexibility index (Phi) is 7.71. The minimum atomic E-state index is -0.709. The van der Waals surface area contributed by atoms with E-state index in [2.05, 4.69) is 10.6 Å². The van der Waals surface area contributed by atoms with Crippen LogP contribution in [-0.2, 0) is 21.6 Å². The van der Waals surface area contributed by atoms with Gasteiger partial charge in [-0.1, -0.05) is 42.5 Å². The van der Waals surface area contributed by atoms with Crippen LogP contribution in [0.15, 0.2) is 95.4 Å². The maximum atomic E-state index is 13.6. The normalized spacial score (nSPS) is 13.4. The van der Waals surface area contributed by atoms with Crippen molar-refractivity contribution in [1.29, 1.82) is 0 Å². The summed E-state index contributed by atoms with van der Waals surface area (Å²) in [7, 11) is 1.43. The van der Waals surface area contributed by atoms with Gasteiger partial charge in [0.15, 0.2) is 0 Å². The number of ether oxygens (including phenoxy) is 1. The number of hydrogen-bond donors (Lipinski definition) is 3. The molecule has 0 radical (unpaired) electrons. The van der Waals surface area contributed by atoms with Crippen molar-refractivity contribution >= 4 is 28.7 Å². The molecular weight excluding hydrogens is 561 g/mol. The van der Waals surface area contributed by atoms with Gasteiger partial charge in [0, 0.05) is 30.2 Å². The van der Waals surface area contributed by atoms with Gasteiger partial charge in [-0.3, -0.25) is 14.4 Å². The van der Waals surface area contributed by atoms with Gasteiger partial charge < -0.3 is 25.5 Å². The summed E-state index contributed by atoms with van der Waals surface area (Å²) in [6.07, 6.45) is 1.72. The van der Waals surface area contributed by atoms with Crippen molar-refractivity contribution in [3.8, 4) is 22.5 Å². The van der Waals surface area contributed by atoms with Gasteiger partial charge in [-0.25, -0.2) is 4.39 Å². The van der Waals surface area contributed by atoms with Crippen LogP contribution in [0, 0.1) is 5.82 Å². The molecule has 1 fully saturated rings. The number of amides is 3. The molecule has 1 heterocycles. The van der Waals surface area contributed by atoms with Crippen LogP contribution in [0.25, 0.3) is 33.4 Å². The zero-order valence-corrected chi connectivity index (χ0v) is 24.0. The number of methoxy groups -OCH3 is 1. The molecule has 0 saturated heterocycles. The average Bonchev–Trinajstić information content (AvgIpc) is 3.71. The lowest BCUT2D eigenvalue weighted by atomic mass is 9.94. The van der Waals surface area contributed by atoms with E-state index in [9.17, 15) is 18.8 Å². The van der Waals surface area contributed by atoms with E-state index in [1.165, 1.54) is 31.4 Å². The number of carbonyl (C=O) groups is 3. The van der Waals surface area contributed by atoms with E-state index in [0.29, 0.717) is 38.8 Å². The fourth-order valence-corrected chi connectivity index (χ4v) is 5.51. The number of nitrogens with one attached hydrogen (secondary N) is 2. The first-order valence-electron chi connectivity index (χ1n) is 14.2. The number of furan rings is 1. The Labute approximate surface area is 253 Å². The second kappa shape index (κ2) is 11.8. The monoisotopic (exact) mass is 591 g/mol. The highest BCUT2D eigenvalue weighted by Crippen LogP contribution is 2.45. The lowest BCUT2D eigenvalue weighted by molar-refractivity contribution is -0.124. The third-order valence-corrected chi connectivity index (χ3v) is 7.88. The summed E-state index contributed by atoms with van der Waals surface area (Å²) in [5, 5.41) is 6.50. The SMILES string of the molecule is COCC(=O)NCc1cc2oc(-c3ccc(F)cc3)c(C(N)=O)c2cc1-c1cccc(C(=O)NC2(c3ccccc3)CC2)c1. The molecule has 0 atom stereocenters. The zero-order valence-electron chi connectivity index (χ0n) is 24.0. The van der Waals surface area contributed by atoms with Crippen molar-refractivity contribution in [2.45, 2.75) is 24.9 Å². The third-order valence-electron chi connectivity index (χ3n) is 7.88. The molecule has 0 spiro atoms. The molecule has 1 aliphatic carbocycles. The van der Waals surface area contributed by atoms with E-state index in [1.54, 1.807) is 30.3 Å². The van der Waals surface area contributed by atoms with Crippen LogP contribution in [0.3, 0.4) is 0 Å². The Morgan fingerprint density at radius 2 is 1.68 bits per heavy atom. The molecule has 222 valence electrons. The summed E-state index contributed by atoms with van der Waals surface area (Å²) in [4.78, 5) is 38.5. The van der Waals surface area contributed by atoms with Gasteiger partial charge in [0.2, 0.25) is 5.91 Å². The standard InChI is InChI=1S/C35H30FN3O5/c1-43-20-30(40)38-19-24-17-29-28(31(33(37)41)32(44-29)21-10-12-26(36)13-11-21)18-27(24)22-6-5-7-23(16-22)34(42)39-35(14-15-35)25-8-3-2-4-9-25/h2-13,16-18H,14-15,19-20H2,1H3,(H2,37,41)(H,38,40)(H,39,42). The van der Waals surface area contributed by atoms with Crippen molar-refractivity contribution in [2.75, 3.05) is 13.7 Å². The van der Waals surface area contributed by atoms with Crippen LogP contribution >= 0.6 is 0 Å². The molecule has 44 heavy (non-hydrogen) atoms. The first-order valence-corrected chi connectivity index (χ1v) is 14.2. The summed E-state index contributed by atoms with van der Waals surface area (Å²) >= 11 is 0. The summed E-state index contributed by atoms with van der Waals surface area (Å²) < 4.78 is 24.7. The first-order chi connectivity index (χ1) is 21.3. The van der Waals surface area contributed by atoms with E-state index >= 15 is 0 Å². The van der Waals surface area contributed by atoms with Crippen molar-refractivity contribution in [3.05, 3.63) is 119 Å². The minimum Gasteiger partial charge on any atom is -0.455 e. The number of carbonyl (C=O) groups excluding carboxylic acids is 3. The van der Waals surface area contributed by atoms with Gasteiger partial charge in [0.25, 0.3) is 11.8 Å². The van der Waals surface area contributed by atoms with Crippen molar-refractivity contribution in [1.82, 2.24) is 10.6 Å². The van der Waals surface area contributed by atoms with Crippen LogP contribution in [0.2, 0.25) is 0 Å². The minimum absolute atomic E-state index is 0.113. The fourth-order valence-electron chi connectivity index (χ4n) is 5.51. The van der Waals surface area contributed by atoms with E-state index in [1.807, 2.05) is 36.4 Å². The van der Waals surface area contributed by atoms with Gasteiger partial charge in [-0.05, 0) is 83.6 Å². The van der Waals surface area contributed by atoms with E-state index in [-0.39, 0.29) is 41.8 Å². The summed E-state index contributed by atoms with van der Waals surface area (Å²) in [5.74, 6) is -1.44. The molecule has 3 amide bonds. The topological polar surface area (TPSA) is 124 Å². The van der Waals surface area contributed by atoms with Crippen molar-refractivity contribution in [3.63, 3.8) is 0 Å². The maximum Gasteiger partial charge on any atom is 0.253 e. The van der Waals surface area contributed by atoms with Gasteiger partial charge in [-0.15, -0.1) is 0 Å². The van der Waals surface area contributed by atoms with E-state index in [0.717, 1.165) is 18.4 Å². The van der Waals surface area contributed by atoms with Gasteiger partial charge in [0.1, 0.15) is 23.8 Å². The number of hydrogen-bond acceptors (Lipinski definition) is 5. The molecule has 9 heteroatoms. The van der Waals surface area contributed by atoms with Crippen LogP contribution < -0.4 is 16.4 Å². The van der Waals surface area contributed by atoms with Crippen LogP contribution in [0.4, 0.5) is 4.39 Å². The molecule has 1 aliphatic rings. The molecular formula is C35H30FN3O5. The quantitative estimate of drug-likeness (QED) is 0.193. The molecule has 8 nitrogen and oxygen atoms in total. The van der Waals surface area contributed by atoms with Crippen LogP contribution in [0.5, 0.6) is 0 Å². The zero-order chi connectivity index (χ0) is 30.8. The smallest absolute Gasteiger partial charge is 0.253 e. The number of halogens is 1. The highest BCUT2D eigenvalue weighted by atomic mass is 19.1. The molecule has 1 saturated carbocycles. The number of primary amides is 1. The molecule has 4 aromatic carbocycles. The Morgan fingerprint density at radius 1 is 0.932 bits per heavy atom. The third kappa shape index (κ3) is 5.69. The largest absolute Gasteiger partial charge is 0.455 e. The van der Waals surface area contributed by atoms with Crippen LogP contribution in [0.1, 0.15) is 44.7 Å². The molecule has 4 N–H and O–H groups in total. The Hall–Kier alpha value is -5.28.